The molecule has 0 bridgehead atoms. The van der Waals surface area contributed by atoms with Crippen LogP contribution in [0.15, 0.2) is 17.1 Å². The molecular formula is C12H12ClFN5O5-. The SMILES string of the molecule is CN(C)/C(CNC(=O)[O-])=N\C(=O)Nc1cc([N+](=O)[O-])c(Cl)cc1F. The molecule has 0 atom stereocenters. The minimum atomic E-state index is -1.57. The summed E-state index contributed by atoms with van der Waals surface area (Å²) >= 11 is 5.53. The highest BCUT2D eigenvalue weighted by Crippen LogP contribution is 2.30. The lowest BCUT2D eigenvalue weighted by Crippen LogP contribution is -2.43. The van der Waals surface area contributed by atoms with Crippen LogP contribution < -0.4 is 15.7 Å². The molecule has 0 spiro atoms. The van der Waals surface area contributed by atoms with E-state index in [1.807, 2.05) is 10.6 Å². The summed E-state index contributed by atoms with van der Waals surface area (Å²) in [5.74, 6) is -0.992. The van der Waals surface area contributed by atoms with E-state index in [1.54, 1.807) is 0 Å². The van der Waals surface area contributed by atoms with Crippen molar-refractivity contribution in [1.82, 2.24) is 10.2 Å². The third-order valence-electron chi connectivity index (χ3n) is 2.61. The third kappa shape index (κ3) is 5.35. The van der Waals surface area contributed by atoms with Crippen LogP contribution in [0, 0.1) is 15.9 Å². The number of nitro groups is 1. The molecule has 0 saturated heterocycles. The van der Waals surface area contributed by atoms with Gasteiger partial charge < -0.3 is 25.4 Å². The van der Waals surface area contributed by atoms with Crippen molar-refractivity contribution >= 4 is 40.9 Å². The molecular weight excluding hydrogens is 349 g/mol. The molecule has 0 saturated carbocycles. The van der Waals surface area contributed by atoms with Crippen molar-refractivity contribution in [3.05, 3.63) is 33.1 Å². The van der Waals surface area contributed by atoms with E-state index in [0.29, 0.717) is 6.07 Å². The van der Waals surface area contributed by atoms with E-state index in [1.165, 1.54) is 19.0 Å². The fourth-order valence-electron chi connectivity index (χ4n) is 1.48. The fraction of sp³-hybridized carbons (Fsp3) is 0.250. The van der Waals surface area contributed by atoms with E-state index in [4.69, 9.17) is 11.6 Å². The number of benzene rings is 1. The number of aliphatic imine (C=N–C) groups is 1. The van der Waals surface area contributed by atoms with E-state index in [-0.39, 0.29) is 12.4 Å². The van der Waals surface area contributed by atoms with E-state index < -0.39 is 39.3 Å². The maximum absolute atomic E-state index is 13.7. The van der Waals surface area contributed by atoms with Crippen molar-refractivity contribution in [3.8, 4) is 0 Å². The normalized spacial score (nSPS) is 10.9. The summed E-state index contributed by atoms with van der Waals surface area (Å²) in [5, 5.41) is 24.6. The standard InChI is InChI=1S/C12H13ClFN5O5/c1-18(2)10(5-15-12(21)22)17-11(20)16-8-4-9(19(23)24)6(13)3-7(8)14/h3-4,15H,5H2,1-2H3,(H,16,20)(H,21,22)/p-1/b17-10-. The number of nitro benzene ring substituents is 1. The first kappa shape index (κ1) is 19.1. The van der Waals surface area contributed by atoms with Crippen LogP contribution in [0.2, 0.25) is 5.02 Å². The zero-order valence-corrected chi connectivity index (χ0v) is 13.3. The number of nitrogens with zero attached hydrogens (tertiary/aromatic N) is 3. The predicted molar refractivity (Wildman–Crippen MR) is 81.6 cm³/mol. The second kappa shape index (κ2) is 8.06. The smallest absolute Gasteiger partial charge is 0.347 e. The lowest BCUT2D eigenvalue weighted by atomic mass is 10.2. The fourth-order valence-corrected chi connectivity index (χ4v) is 1.70. The Morgan fingerprint density at radius 2 is 2.04 bits per heavy atom. The van der Waals surface area contributed by atoms with E-state index >= 15 is 0 Å². The Kier molecular flexibility index (Phi) is 6.41. The van der Waals surface area contributed by atoms with Crippen LogP contribution in [0.25, 0.3) is 0 Å². The number of halogens is 2. The number of hydrogen-bond acceptors (Lipinski definition) is 5. The summed E-state index contributed by atoms with van der Waals surface area (Å²) < 4.78 is 13.7. The quantitative estimate of drug-likeness (QED) is 0.352. The van der Waals surface area contributed by atoms with Gasteiger partial charge in [0.15, 0.2) is 0 Å². The summed E-state index contributed by atoms with van der Waals surface area (Å²) in [6.45, 7) is -0.327. The van der Waals surface area contributed by atoms with Crippen LogP contribution in [-0.2, 0) is 0 Å². The summed E-state index contributed by atoms with van der Waals surface area (Å²) in [7, 11) is 2.99. The van der Waals surface area contributed by atoms with Crippen LogP contribution in [-0.4, -0.2) is 48.4 Å². The van der Waals surface area contributed by atoms with Gasteiger partial charge in [-0.05, 0) is 0 Å². The highest BCUT2D eigenvalue weighted by molar-refractivity contribution is 6.32. The average Bonchev–Trinajstić information content (AvgIpc) is 2.45. The molecule has 0 heterocycles. The van der Waals surface area contributed by atoms with Crippen molar-refractivity contribution in [3.63, 3.8) is 0 Å². The number of amidine groups is 1. The summed E-state index contributed by atoms with van der Waals surface area (Å²) in [6, 6.07) is 0.373. The van der Waals surface area contributed by atoms with E-state index in [9.17, 15) is 29.2 Å². The van der Waals surface area contributed by atoms with Crippen LogP contribution in [0.5, 0.6) is 0 Å². The second-order valence-electron chi connectivity index (χ2n) is 4.53. The number of rotatable bonds is 4. The van der Waals surface area contributed by atoms with Gasteiger partial charge in [0.1, 0.15) is 22.8 Å². The Morgan fingerprint density at radius 3 is 2.54 bits per heavy atom. The molecule has 10 nitrogen and oxygen atoms in total. The van der Waals surface area contributed by atoms with Crippen LogP contribution in [0.4, 0.5) is 25.4 Å². The number of nitrogens with one attached hydrogen (secondary N) is 2. The maximum atomic E-state index is 13.7. The van der Waals surface area contributed by atoms with Crippen LogP contribution in [0.1, 0.15) is 0 Å². The molecule has 0 radical (unpaired) electrons. The molecule has 1 aromatic rings. The van der Waals surface area contributed by atoms with Crippen molar-refractivity contribution in [2.24, 2.45) is 4.99 Å². The lowest BCUT2D eigenvalue weighted by Gasteiger charge is -2.17. The topological polar surface area (TPSA) is 140 Å². The van der Waals surface area contributed by atoms with Crippen molar-refractivity contribution in [1.29, 1.82) is 0 Å². The number of likely N-dealkylation sites (N-methyl/N-ethyl adjacent to an activating group) is 1. The summed E-state index contributed by atoms with van der Waals surface area (Å²) in [5.41, 5.74) is -1.09. The molecule has 130 valence electrons. The van der Waals surface area contributed by atoms with Gasteiger partial charge in [0, 0.05) is 26.2 Å². The number of urea groups is 1. The van der Waals surface area contributed by atoms with Crippen LogP contribution in [0.3, 0.4) is 0 Å². The Hall–Kier alpha value is -2.95. The Morgan fingerprint density at radius 1 is 1.42 bits per heavy atom. The predicted octanol–water partition coefficient (Wildman–Crippen LogP) is 0.812. The molecule has 1 rings (SSSR count). The second-order valence-corrected chi connectivity index (χ2v) is 4.94. The lowest BCUT2D eigenvalue weighted by molar-refractivity contribution is -0.384. The molecule has 1 aromatic carbocycles. The zero-order valence-electron chi connectivity index (χ0n) is 12.5. The first-order valence-electron chi connectivity index (χ1n) is 6.26. The highest BCUT2D eigenvalue weighted by Gasteiger charge is 2.18. The largest absolute Gasteiger partial charge is 0.530 e. The van der Waals surface area contributed by atoms with Crippen LogP contribution >= 0.6 is 11.6 Å². The summed E-state index contributed by atoms with van der Waals surface area (Å²) in [6.07, 6.45) is -1.57. The van der Waals surface area contributed by atoms with Crippen molar-refractivity contribution in [2.45, 2.75) is 0 Å². The zero-order chi connectivity index (χ0) is 18.4. The van der Waals surface area contributed by atoms with Gasteiger partial charge in [-0.25, -0.2) is 9.18 Å². The minimum absolute atomic E-state index is 0.000529. The molecule has 12 heteroatoms. The first-order chi connectivity index (χ1) is 11.1. The molecule has 0 aliphatic carbocycles. The van der Waals surface area contributed by atoms with Gasteiger partial charge in [0.05, 0.1) is 17.2 Å². The molecule has 0 aliphatic heterocycles. The monoisotopic (exact) mass is 360 g/mol. The molecule has 2 N–H and O–H groups in total. The molecule has 0 unspecified atom stereocenters. The molecule has 0 fully saturated rings. The first-order valence-corrected chi connectivity index (χ1v) is 6.63. The minimum Gasteiger partial charge on any atom is -0.530 e. The number of carbonyl (C=O) groups is 2. The number of hydrogen-bond donors (Lipinski definition) is 2. The van der Waals surface area contributed by atoms with E-state index in [2.05, 4.69) is 4.99 Å². The maximum Gasteiger partial charge on any atom is 0.347 e. The Bertz CT molecular complexity index is 709. The Balaban J connectivity index is 3.01. The molecule has 3 amide bonds. The summed E-state index contributed by atoms with van der Waals surface area (Å²) in [4.78, 5) is 37.0. The van der Waals surface area contributed by atoms with Gasteiger partial charge in [0.25, 0.3) is 5.69 Å². The highest BCUT2D eigenvalue weighted by atomic mass is 35.5. The van der Waals surface area contributed by atoms with Gasteiger partial charge in [-0.3, -0.25) is 10.1 Å². The van der Waals surface area contributed by atoms with Gasteiger partial charge in [0.2, 0.25) is 0 Å². The van der Waals surface area contributed by atoms with E-state index in [0.717, 1.165) is 6.07 Å². The van der Waals surface area contributed by atoms with Gasteiger partial charge in [-0.15, -0.1) is 0 Å². The average molecular weight is 361 g/mol. The van der Waals surface area contributed by atoms with Gasteiger partial charge >= 0.3 is 6.03 Å². The van der Waals surface area contributed by atoms with Gasteiger partial charge in [-0.1, -0.05) is 11.6 Å². The molecule has 0 aromatic heterocycles. The number of anilines is 1. The Labute approximate surface area is 140 Å². The van der Waals surface area contributed by atoms with Crippen molar-refractivity contribution in [2.75, 3.05) is 26.0 Å². The number of carbonyl (C=O) groups excluding carboxylic acids is 2. The number of amides is 3. The molecule has 0 aliphatic rings. The molecule has 24 heavy (non-hydrogen) atoms. The van der Waals surface area contributed by atoms with Crippen molar-refractivity contribution < 1.29 is 24.0 Å². The third-order valence-corrected chi connectivity index (χ3v) is 2.92. The number of carboxylic acid groups (broad SMARTS) is 1. The van der Waals surface area contributed by atoms with Gasteiger partial charge in [-0.2, -0.15) is 4.99 Å².